The Morgan fingerprint density at radius 2 is 2.08 bits per heavy atom. The van der Waals surface area contributed by atoms with Gasteiger partial charge < -0.3 is 15.1 Å². The quantitative estimate of drug-likeness (QED) is 0.859. The molecule has 1 aromatic heterocycles. The van der Waals surface area contributed by atoms with Gasteiger partial charge in [-0.3, -0.25) is 4.68 Å². The van der Waals surface area contributed by atoms with Crippen molar-refractivity contribution in [1.82, 2.24) is 19.6 Å². The van der Waals surface area contributed by atoms with Crippen molar-refractivity contribution in [3.05, 3.63) is 11.9 Å². The van der Waals surface area contributed by atoms with Crippen molar-refractivity contribution in [3.8, 4) is 0 Å². The number of carbonyl (C=O) groups is 1. The number of urea groups is 1. The molecule has 140 valence electrons. The van der Waals surface area contributed by atoms with Crippen molar-refractivity contribution in [3.63, 3.8) is 0 Å². The van der Waals surface area contributed by atoms with Gasteiger partial charge in [0, 0.05) is 26.2 Å². The van der Waals surface area contributed by atoms with Crippen LogP contribution in [0.2, 0.25) is 0 Å². The second kappa shape index (κ2) is 8.70. The van der Waals surface area contributed by atoms with Gasteiger partial charge in [0.25, 0.3) is 0 Å². The minimum Gasteiger partial charge on any atom is -0.324 e. The number of piperidine rings is 1. The molecule has 2 amide bonds. The Morgan fingerprint density at radius 3 is 2.84 bits per heavy atom. The summed E-state index contributed by atoms with van der Waals surface area (Å²) >= 11 is 0. The van der Waals surface area contributed by atoms with Crippen LogP contribution in [0.3, 0.4) is 0 Å². The Kier molecular flexibility index (Phi) is 6.34. The van der Waals surface area contributed by atoms with Crippen LogP contribution in [0.25, 0.3) is 0 Å². The Morgan fingerprint density at radius 1 is 1.28 bits per heavy atom. The van der Waals surface area contributed by atoms with Gasteiger partial charge in [0.05, 0.1) is 17.6 Å². The molecule has 3 rings (SSSR count). The van der Waals surface area contributed by atoms with Crippen molar-refractivity contribution in [2.45, 2.75) is 58.9 Å². The third-order valence-electron chi connectivity index (χ3n) is 5.61. The molecule has 1 aromatic rings. The highest BCUT2D eigenvalue weighted by Gasteiger charge is 2.28. The van der Waals surface area contributed by atoms with Crippen LogP contribution in [0.15, 0.2) is 6.20 Å². The zero-order chi connectivity index (χ0) is 17.6. The van der Waals surface area contributed by atoms with Crippen molar-refractivity contribution in [1.29, 1.82) is 0 Å². The summed E-state index contributed by atoms with van der Waals surface area (Å²) < 4.78 is 1.99. The van der Waals surface area contributed by atoms with E-state index in [2.05, 4.69) is 22.2 Å². The number of unbranched alkanes of at least 4 members (excludes halogenated alkanes) is 1. The van der Waals surface area contributed by atoms with Crippen molar-refractivity contribution < 1.29 is 4.79 Å². The third kappa shape index (κ3) is 4.75. The van der Waals surface area contributed by atoms with Crippen LogP contribution in [0, 0.1) is 12.8 Å². The zero-order valence-corrected chi connectivity index (χ0v) is 15.8. The SMILES string of the molecule is CCCCn1ncc(NC(=O)N2CC[C@H](CN3CCCCC3)C2)c1C. The summed E-state index contributed by atoms with van der Waals surface area (Å²) in [6, 6.07) is 0.0271. The molecular formula is C19H33N5O. The Bertz CT molecular complexity index is 564. The fourth-order valence-corrected chi connectivity index (χ4v) is 3.97. The van der Waals surface area contributed by atoms with Crippen molar-refractivity contribution >= 4 is 11.7 Å². The van der Waals surface area contributed by atoms with Crippen molar-refractivity contribution in [2.24, 2.45) is 5.92 Å². The lowest BCUT2D eigenvalue weighted by Crippen LogP contribution is -2.37. The molecule has 2 aliphatic heterocycles. The van der Waals surface area contributed by atoms with E-state index >= 15 is 0 Å². The molecule has 3 heterocycles. The maximum Gasteiger partial charge on any atom is 0.321 e. The second-order valence-corrected chi connectivity index (χ2v) is 7.61. The predicted molar refractivity (Wildman–Crippen MR) is 101 cm³/mol. The summed E-state index contributed by atoms with van der Waals surface area (Å²) in [5, 5.41) is 7.47. The van der Waals surface area contributed by atoms with Crippen LogP contribution in [0.5, 0.6) is 0 Å². The summed E-state index contributed by atoms with van der Waals surface area (Å²) in [5.74, 6) is 0.622. The third-order valence-corrected chi connectivity index (χ3v) is 5.61. The first-order valence-corrected chi connectivity index (χ1v) is 9.98. The normalized spacial score (nSPS) is 21.7. The molecule has 25 heavy (non-hydrogen) atoms. The summed E-state index contributed by atoms with van der Waals surface area (Å²) in [6.45, 7) is 10.5. The van der Waals surface area contributed by atoms with Gasteiger partial charge in [-0.15, -0.1) is 0 Å². The highest BCUT2D eigenvalue weighted by molar-refractivity contribution is 5.89. The zero-order valence-electron chi connectivity index (χ0n) is 15.8. The van der Waals surface area contributed by atoms with E-state index in [1.807, 2.05) is 16.5 Å². The van der Waals surface area contributed by atoms with Gasteiger partial charge in [-0.05, 0) is 51.6 Å². The lowest BCUT2D eigenvalue weighted by molar-refractivity contribution is 0.192. The highest BCUT2D eigenvalue weighted by Crippen LogP contribution is 2.21. The molecule has 0 aliphatic carbocycles. The Labute approximate surface area is 151 Å². The molecule has 2 fully saturated rings. The van der Waals surface area contributed by atoms with E-state index in [1.54, 1.807) is 6.20 Å². The van der Waals surface area contributed by atoms with E-state index in [1.165, 1.54) is 32.4 Å². The summed E-state index contributed by atoms with van der Waals surface area (Å²) in [4.78, 5) is 17.1. The molecule has 0 saturated carbocycles. The number of aromatic nitrogens is 2. The van der Waals surface area contributed by atoms with Crippen LogP contribution in [0.1, 0.15) is 51.1 Å². The first-order chi connectivity index (χ1) is 12.2. The van der Waals surface area contributed by atoms with E-state index in [0.717, 1.165) is 56.8 Å². The van der Waals surface area contributed by atoms with Crippen molar-refractivity contribution in [2.75, 3.05) is 38.0 Å². The Balaban J connectivity index is 1.48. The molecular weight excluding hydrogens is 314 g/mol. The largest absolute Gasteiger partial charge is 0.324 e. The number of rotatable bonds is 6. The Hall–Kier alpha value is -1.56. The number of anilines is 1. The number of hydrogen-bond acceptors (Lipinski definition) is 3. The molecule has 0 radical (unpaired) electrons. The number of nitrogens with zero attached hydrogens (tertiary/aromatic N) is 4. The highest BCUT2D eigenvalue weighted by atomic mass is 16.2. The van der Waals surface area contributed by atoms with E-state index in [0.29, 0.717) is 5.92 Å². The molecule has 1 N–H and O–H groups in total. The standard InChI is InChI=1S/C19H33N5O/c1-3-4-11-24-16(2)18(13-20-24)21-19(25)23-12-8-17(15-23)14-22-9-6-5-7-10-22/h13,17H,3-12,14-15H2,1-2H3,(H,21,25)/t17-/m1/s1. The van der Waals surface area contributed by atoms with E-state index in [4.69, 9.17) is 0 Å². The van der Waals surface area contributed by atoms with Gasteiger partial charge in [0.1, 0.15) is 0 Å². The molecule has 0 bridgehead atoms. The van der Waals surface area contributed by atoms with E-state index in [9.17, 15) is 4.79 Å². The van der Waals surface area contributed by atoms with Crippen LogP contribution < -0.4 is 5.32 Å². The average molecular weight is 348 g/mol. The molecule has 0 aromatic carbocycles. The summed E-state index contributed by atoms with van der Waals surface area (Å²) in [6.07, 6.45) is 9.20. The maximum atomic E-state index is 12.6. The molecule has 2 aliphatic rings. The molecule has 1 atom stereocenters. The summed E-state index contributed by atoms with van der Waals surface area (Å²) in [7, 11) is 0. The molecule has 6 heteroatoms. The molecule has 6 nitrogen and oxygen atoms in total. The topological polar surface area (TPSA) is 53.4 Å². The monoisotopic (exact) mass is 347 g/mol. The lowest BCUT2D eigenvalue weighted by Gasteiger charge is -2.29. The van der Waals surface area contributed by atoms with Gasteiger partial charge >= 0.3 is 6.03 Å². The smallest absolute Gasteiger partial charge is 0.321 e. The number of aryl methyl sites for hydroxylation is 1. The van der Waals surface area contributed by atoms with Gasteiger partial charge in [0.15, 0.2) is 0 Å². The van der Waals surface area contributed by atoms with Gasteiger partial charge in [-0.2, -0.15) is 5.10 Å². The van der Waals surface area contributed by atoms with E-state index in [-0.39, 0.29) is 6.03 Å². The minimum atomic E-state index is 0.0271. The van der Waals surface area contributed by atoms with E-state index < -0.39 is 0 Å². The number of hydrogen-bond donors (Lipinski definition) is 1. The van der Waals surface area contributed by atoms with Crippen LogP contribution in [-0.4, -0.2) is 58.3 Å². The number of amides is 2. The lowest BCUT2D eigenvalue weighted by atomic mass is 10.1. The predicted octanol–water partition coefficient (Wildman–Crippen LogP) is 3.33. The number of carbonyl (C=O) groups excluding carboxylic acids is 1. The fraction of sp³-hybridized carbons (Fsp3) is 0.789. The van der Waals surface area contributed by atoms with Gasteiger partial charge in [-0.1, -0.05) is 19.8 Å². The van der Waals surface area contributed by atoms with Crippen LogP contribution in [-0.2, 0) is 6.54 Å². The summed E-state index contributed by atoms with van der Waals surface area (Å²) in [5.41, 5.74) is 1.89. The average Bonchev–Trinajstić information content (AvgIpc) is 3.22. The first-order valence-electron chi connectivity index (χ1n) is 9.98. The minimum absolute atomic E-state index is 0.0271. The molecule has 0 unspecified atom stereocenters. The number of nitrogens with one attached hydrogen (secondary N) is 1. The second-order valence-electron chi connectivity index (χ2n) is 7.61. The first kappa shape index (κ1) is 18.2. The van der Waals surface area contributed by atoms with Crippen LogP contribution >= 0.6 is 0 Å². The van der Waals surface area contributed by atoms with Gasteiger partial charge in [0.2, 0.25) is 0 Å². The van der Waals surface area contributed by atoms with Crippen LogP contribution in [0.4, 0.5) is 10.5 Å². The molecule has 2 saturated heterocycles. The van der Waals surface area contributed by atoms with Gasteiger partial charge in [-0.25, -0.2) is 4.79 Å². The molecule has 0 spiro atoms. The fourth-order valence-electron chi connectivity index (χ4n) is 3.97. The maximum absolute atomic E-state index is 12.6. The number of likely N-dealkylation sites (tertiary alicyclic amines) is 2.